The lowest BCUT2D eigenvalue weighted by Crippen LogP contribution is -2.50. The number of hydrogen-bond acceptors (Lipinski definition) is 3. The van der Waals surface area contributed by atoms with Crippen molar-refractivity contribution in [1.82, 2.24) is 4.90 Å². The molecule has 4 nitrogen and oxygen atoms in total. The van der Waals surface area contributed by atoms with Crippen LogP contribution in [-0.2, 0) is 9.53 Å². The molecule has 1 heterocycles. The van der Waals surface area contributed by atoms with E-state index < -0.39 is 12.5 Å². The second kappa shape index (κ2) is 10.8. The Morgan fingerprint density at radius 1 is 1.03 bits per heavy atom. The van der Waals surface area contributed by atoms with Crippen LogP contribution in [0.15, 0.2) is 66.3 Å². The third kappa shape index (κ3) is 6.73. The second-order valence-corrected chi connectivity index (χ2v) is 9.63. The van der Waals surface area contributed by atoms with Crippen LogP contribution >= 0.6 is 34.8 Å². The van der Waals surface area contributed by atoms with E-state index >= 15 is 0 Å². The molecule has 2 unspecified atom stereocenters. The summed E-state index contributed by atoms with van der Waals surface area (Å²) < 4.78 is 41.3. The Bertz CT molecular complexity index is 1140. The van der Waals surface area contributed by atoms with Gasteiger partial charge in [-0.1, -0.05) is 65.2 Å². The van der Waals surface area contributed by atoms with Gasteiger partial charge in [0.1, 0.15) is 0 Å². The summed E-state index contributed by atoms with van der Waals surface area (Å²) in [6.45, 7) is 1.42. The summed E-state index contributed by atoms with van der Waals surface area (Å²) >= 11 is 18.7. The summed E-state index contributed by atoms with van der Waals surface area (Å²) in [5.74, 6) is -0.100. The summed E-state index contributed by atoms with van der Waals surface area (Å²) in [5, 5.41) is 1.66. The molecule has 35 heavy (non-hydrogen) atoms. The zero-order chi connectivity index (χ0) is 25.2. The normalized spacial score (nSPS) is 20.7. The van der Waals surface area contributed by atoms with Gasteiger partial charge in [0.15, 0.2) is 0 Å². The molecule has 4 rings (SSSR count). The number of allylic oxidation sites excluding steroid dienone is 1. The minimum Gasteiger partial charge on any atom is -0.360 e. The minimum absolute atomic E-state index is 0.0644. The van der Waals surface area contributed by atoms with Gasteiger partial charge in [0.25, 0.3) is 0 Å². The van der Waals surface area contributed by atoms with Crippen molar-refractivity contribution in [1.29, 1.82) is 0 Å². The Labute approximate surface area is 216 Å². The summed E-state index contributed by atoms with van der Waals surface area (Å²) in [7, 11) is 0. The molecule has 0 saturated carbocycles. The summed E-state index contributed by atoms with van der Waals surface area (Å²) in [4.78, 5) is 17.0. The number of benzene rings is 2. The van der Waals surface area contributed by atoms with E-state index in [1.54, 1.807) is 35.2 Å². The molecule has 1 aliphatic carbocycles. The molecule has 0 spiro atoms. The number of ether oxygens (including phenoxy) is 1. The van der Waals surface area contributed by atoms with Gasteiger partial charge in [0.2, 0.25) is 5.91 Å². The molecule has 2 aliphatic rings. The van der Waals surface area contributed by atoms with Gasteiger partial charge in [-0.05, 0) is 47.9 Å². The first-order valence-corrected chi connectivity index (χ1v) is 12.1. The maximum atomic E-state index is 13.1. The summed E-state index contributed by atoms with van der Waals surface area (Å²) in [5.41, 5.74) is 2.46. The highest BCUT2D eigenvalue weighted by Gasteiger charge is 2.34. The van der Waals surface area contributed by atoms with Crippen molar-refractivity contribution in [2.45, 2.75) is 31.3 Å². The van der Waals surface area contributed by atoms with Gasteiger partial charge < -0.3 is 9.80 Å². The number of carbonyl (C=O) groups excluding carboxylic acids is 1. The van der Waals surface area contributed by atoms with Gasteiger partial charge in [-0.25, -0.2) is 0 Å². The molecule has 0 radical (unpaired) electrons. The Morgan fingerprint density at radius 3 is 2.37 bits per heavy atom. The fraction of sp³-hybridized carbons (Fsp3) is 0.320. The third-order valence-electron chi connectivity index (χ3n) is 5.98. The molecule has 1 saturated heterocycles. The predicted octanol–water partition coefficient (Wildman–Crippen LogP) is 7.22. The molecular weight excluding hydrogens is 524 g/mol. The Kier molecular flexibility index (Phi) is 8.01. The van der Waals surface area contributed by atoms with Crippen LogP contribution in [0.5, 0.6) is 0 Å². The molecule has 0 aromatic heterocycles. The number of nitrogens with zero attached hydrogens (tertiary/aromatic N) is 2. The molecule has 0 N–H and O–H groups in total. The highest BCUT2D eigenvalue weighted by molar-refractivity contribution is 6.36. The number of piperazine rings is 1. The average molecular weight is 546 g/mol. The van der Waals surface area contributed by atoms with E-state index in [1.807, 2.05) is 18.2 Å². The van der Waals surface area contributed by atoms with Crippen LogP contribution in [0.25, 0.3) is 0 Å². The number of anilines is 1. The monoisotopic (exact) mass is 544 g/mol. The summed E-state index contributed by atoms with van der Waals surface area (Å²) in [6, 6.07) is 12.6. The SMILES string of the molecule is O=C(CC1=CCC(OC(F)(F)F)C=C1)N1CCN(c2ccc(Cl)cc2Cl)C(c2ccc(Cl)cc2)C1. The molecule has 2 aromatic rings. The van der Waals surface area contributed by atoms with Crippen molar-refractivity contribution in [3.63, 3.8) is 0 Å². The van der Waals surface area contributed by atoms with E-state index in [2.05, 4.69) is 9.64 Å². The number of alkyl halides is 3. The van der Waals surface area contributed by atoms with Crippen molar-refractivity contribution in [2.24, 2.45) is 0 Å². The van der Waals surface area contributed by atoms with E-state index in [4.69, 9.17) is 34.8 Å². The zero-order valence-electron chi connectivity index (χ0n) is 18.4. The summed E-state index contributed by atoms with van der Waals surface area (Å²) in [6.07, 6.45) is -1.12. The maximum absolute atomic E-state index is 13.1. The first kappa shape index (κ1) is 25.9. The van der Waals surface area contributed by atoms with Gasteiger partial charge in [-0.15, -0.1) is 13.2 Å². The number of rotatable bonds is 5. The first-order valence-electron chi connectivity index (χ1n) is 11.0. The van der Waals surface area contributed by atoms with E-state index in [-0.39, 0.29) is 24.8 Å². The van der Waals surface area contributed by atoms with Crippen LogP contribution in [0, 0.1) is 0 Å². The second-order valence-electron chi connectivity index (χ2n) is 8.35. The Hall–Kier alpha value is -2.19. The molecule has 10 heteroatoms. The molecular formula is C25H22Cl3F3N2O2. The fourth-order valence-electron chi connectivity index (χ4n) is 4.30. The van der Waals surface area contributed by atoms with Crippen molar-refractivity contribution < 1.29 is 22.7 Å². The quantitative estimate of drug-likeness (QED) is 0.398. The van der Waals surface area contributed by atoms with Crippen molar-refractivity contribution in [3.8, 4) is 0 Å². The number of carbonyl (C=O) groups is 1. The molecule has 1 amide bonds. The Balaban J connectivity index is 1.48. The van der Waals surface area contributed by atoms with Crippen molar-refractivity contribution in [2.75, 3.05) is 24.5 Å². The fourth-order valence-corrected chi connectivity index (χ4v) is 4.95. The highest BCUT2D eigenvalue weighted by atomic mass is 35.5. The smallest absolute Gasteiger partial charge is 0.360 e. The van der Waals surface area contributed by atoms with Crippen LogP contribution in [0.2, 0.25) is 15.1 Å². The van der Waals surface area contributed by atoms with Gasteiger partial charge in [0.05, 0.1) is 29.3 Å². The number of halogens is 6. The topological polar surface area (TPSA) is 32.8 Å². The van der Waals surface area contributed by atoms with E-state index in [0.29, 0.717) is 40.3 Å². The van der Waals surface area contributed by atoms with E-state index in [9.17, 15) is 18.0 Å². The zero-order valence-corrected chi connectivity index (χ0v) is 20.7. The van der Waals surface area contributed by atoms with Crippen LogP contribution in [0.3, 0.4) is 0 Å². The van der Waals surface area contributed by atoms with Crippen LogP contribution in [-0.4, -0.2) is 42.9 Å². The van der Waals surface area contributed by atoms with Crippen LogP contribution in [0.1, 0.15) is 24.4 Å². The lowest BCUT2D eigenvalue weighted by atomic mass is 9.99. The van der Waals surface area contributed by atoms with E-state index in [0.717, 1.165) is 11.3 Å². The lowest BCUT2D eigenvalue weighted by molar-refractivity contribution is -0.336. The molecule has 1 fully saturated rings. The highest BCUT2D eigenvalue weighted by Crippen LogP contribution is 2.37. The standard InChI is InChI=1S/C25H22Cl3F3N2O2/c26-18-5-3-17(4-6-18)23-15-32(11-12-33(23)22-10-7-19(27)14-21(22)28)24(34)13-16-1-8-20(9-2-16)35-25(29,30)31/h1-8,10,14,20,23H,9,11-13,15H2. The van der Waals surface area contributed by atoms with Crippen LogP contribution < -0.4 is 4.90 Å². The predicted molar refractivity (Wildman–Crippen MR) is 132 cm³/mol. The van der Waals surface area contributed by atoms with E-state index in [1.165, 1.54) is 12.2 Å². The minimum atomic E-state index is -4.69. The molecule has 1 aliphatic heterocycles. The maximum Gasteiger partial charge on any atom is 0.523 e. The first-order chi connectivity index (χ1) is 16.6. The van der Waals surface area contributed by atoms with Crippen molar-refractivity contribution in [3.05, 3.63) is 86.9 Å². The molecule has 2 aromatic carbocycles. The Morgan fingerprint density at radius 2 is 1.74 bits per heavy atom. The van der Waals surface area contributed by atoms with Gasteiger partial charge in [-0.3, -0.25) is 9.53 Å². The molecule has 0 bridgehead atoms. The van der Waals surface area contributed by atoms with Gasteiger partial charge in [-0.2, -0.15) is 0 Å². The average Bonchev–Trinajstić information content (AvgIpc) is 2.80. The van der Waals surface area contributed by atoms with Crippen LogP contribution in [0.4, 0.5) is 18.9 Å². The number of hydrogen-bond donors (Lipinski definition) is 0. The lowest BCUT2D eigenvalue weighted by Gasteiger charge is -2.43. The largest absolute Gasteiger partial charge is 0.523 e. The molecule has 186 valence electrons. The van der Waals surface area contributed by atoms with Gasteiger partial charge in [0, 0.05) is 29.7 Å². The molecule has 2 atom stereocenters. The number of amides is 1. The van der Waals surface area contributed by atoms with Crippen molar-refractivity contribution >= 4 is 46.4 Å². The third-order valence-corrected chi connectivity index (χ3v) is 6.77. The van der Waals surface area contributed by atoms with Gasteiger partial charge >= 0.3 is 6.36 Å².